The van der Waals surface area contributed by atoms with Gasteiger partial charge in [0, 0.05) is 16.7 Å². The molecule has 5 aliphatic carbocycles. The lowest BCUT2D eigenvalue weighted by atomic mass is 9.34. The van der Waals surface area contributed by atoms with Gasteiger partial charge in [0.05, 0.1) is 29.5 Å². The number of carbonyl (C=O) groups excluding carboxylic acids is 1. The van der Waals surface area contributed by atoms with Gasteiger partial charge in [0.1, 0.15) is 11.9 Å². The van der Waals surface area contributed by atoms with Crippen LogP contribution in [0.3, 0.4) is 0 Å². The number of phenolic OH excluding ortho intramolecular Hbond substituents is 1. The number of epoxide rings is 1. The van der Waals surface area contributed by atoms with E-state index in [1.807, 2.05) is 19.1 Å². The summed E-state index contributed by atoms with van der Waals surface area (Å²) in [5, 5.41) is 57.7. The molecule has 5 fully saturated rings. The molecule has 2 bridgehead atoms. The first-order valence-electron chi connectivity index (χ1n) is 17.1. The molecule has 1 aromatic carbocycles. The maximum absolute atomic E-state index is 14.9. The van der Waals surface area contributed by atoms with Gasteiger partial charge in [-0.3, -0.25) is 4.79 Å². The molecule has 7 heteroatoms. The molecule has 7 nitrogen and oxygen atoms in total. The number of fused-ring (bicyclic) bond motifs is 3. The zero-order chi connectivity index (χ0) is 31.6. The van der Waals surface area contributed by atoms with E-state index >= 15 is 0 Å². The Bertz CT molecular complexity index is 1350. The zero-order valence-electron chi connectivity index (χ0n) is 27.0. The molecule has 0 spiro atoms. The lowest BCUT2D eigenvalue weighted by molar-refractivity contribution is -0.227. The van der Waals surface area contributed by atoms with Crippen molar-refractivity contribution in [2.45, 2.75) is 128 Å². The van der Waals surface area contributed by atoms with Crippen LogP contribution in [0.15, 0.2) is 35.9 Å². The molecule has 1 saturated heterocycles. The highest BCUT2D eigenvalue weighted by Crippen LogP contribution is 2.75. The van der Waals surface area contributed by atoms with Gasteiger partial charge >= 0.3 is 0 Å². The van der Waals surface area contributed by atoms with Gasteiger partial charge in [-0.25, -0.2) is 0 Å². The monoisotopic (exact) mass is 608 g/mol. The van der Waals surface area contributed by atoms with Crippen molar-refractivity contribution < 1.29 is 35.1 Å². The summed E-state index contributed by atoms with van der Waals surface area (Å²) in [6.45, 7) is 10.5. The number of aromatic hydroxyl groups is 1. The summed E-state index contributed by atoms with van der Waals surface area (Å²) in [6.07, 6.45) is 5.23. The van der Waals surface area contributed by atoms with Gasteiger partial charge in [0.15, 0.2) is 5.78 Å². The highest BCUT2D eigenvalue weighted by atomic mass is 16.6. The van der Waals surface area contributed by atoms with Crippen LogP contribution < -0.4 is 0 Å². The third-order valence-corrected chi connectivity index (χ3v) is 14.5. The molecule has 0 unspecified atom stereocenters. The predicted octanol–water partition coefficient (Wildman–Crippen LogP) is 4.71. The molecule has 5 N–H and O–H groups in total. The number of phenols is 1. The number of hydrogen-bond donors (Lipinski definition) is 5. The van der Waals surface area contributed by atoms with Crippen molar-refractivity contribution in [3.63, 3.8) is 0 Å². The van der Waals surface area contributed by atoms with E-state index in [9.17, 15) is 30.3 Å². The maximum atomic E-state index is 14.9. The van der Waals surface area contributed by atoms with E-state index in [-0.39, 0.29) is 41.5 Å². The Labute approximate surface area is 261 Å². The number of allylic oxidation sites excluding steroid dienone is 1. The normalized spacial score (nSPS) is 48.1. The maximum Gasteiger partial charge on any atom is 0.163 e. The second-order valence-corrected chi connectivity index (χ2v) is 16.5. The summed E-state index contributed by atoms with van der Waals surface area (Å²) in [4.78, 5) is 14.9. The van der Waals surface area contributed by atoms with Crippen LogP contribution in [-0.2, 0) is 16.0 Å². The number of carbonyl (C=O) groups is 1. The lowest BCUT2D eigenvalue weighted by Gasteiger charge is -2.69. The van der Waals surface area contributed by atoms with Crippen molar-refractivity contribution in [2.24, 2.45) is 45.8 Å². The van der Waals surface area contributed by atoms with Gasteiger partial charge < -0.3 is 30.3 Å². The number of ether oxygens (including phenoxy) is 1. The van der Waals surface area contributed by atoms with Crippen LogP contribution in [0.1, 0.15) is 91.5 Å². The highest BCUT2D eigenvalue weighted by Gasteiger charge is 2.76. The predicted molar refractivity (Wildman–Crippen MR) is 166 cm³/mol. The minimum Gasteiger partial charge on any atom is -0.508 e. The fourth-order valence-corrected chi connectivity index (χ4v) is 11.9. The molecule has 1 heterocycles. The van der Waals surface area contributed by atoms with E-state index in [4.69, 9.17) is 4.74 Å². The van der Waals surface area contributed by atoms with Crippen LogP contribution in [0.4, 0.5) is 0 Å². The lowest BCUT2D eigenvalue weighted by Crippen LogP contribution is -2.71. The van der Waals surface area contributed by atoms with Crippen LogP contribution in [0, 0.1) is 45.8 Å². The minimum absolute atomic E-state index is 0.00263. The molecule has 7 rings (SSSR count). The molecule has 0 radical (unpaired) electrons. The molecular weight excluding hydrogens is 556 g/mol. The Hall–Kier alpha value is -1.77. The van der Waals surface area contributed by atoms with Gasteiger partial charge in [-0.15, -0.1) is 0 Å². The summed E-state index contributed by atoms with van der Waals surface area (Å²) in [5.74, 6) is 0.208. The number of aliphatic hydroxyl groups excluding tert-OH is 2. The van der Waals surface area contributed by atoms with Crippen molar-refractivity contribution in [3.8, 4) is 5.75 Å². The number of rotatable bonds is 6. The molecule has 1 aromatic rings. The molecule has 4 saturated carbocycles. The highest BCUT2D eigenvalue weighted by molar-refractivity contribution is 5.99. The summed E-state index contributed by atoms with van der Waals surface area (Å²) in [7, 11) is 0. The first-order chi connectivity index (χ1) is 20.6. The topological polar surface area (TPSA) is 131 Å². The van der Waals surface area contributed by atoms with Crippen LogP contribution in [0.25, 0.3) is 0 Å². The average Bonchev–Trinajstić information content (AvgIpc) is 3.72. The average molecular weight is 609 g/mol. The van der Waals surface area contributed by atoms with Crippen molar-refractivity contribution in [3.05, 3.63) is 41.5 Å². The van der Waals surface area contributed by atoms with Crippen LogP contribution in [-0.4, -0.2) is 66.9 Å². The van der Waals surface area contributed by atoms with Crippen LogP contribution in [0.2, 0.25) is 0 Å². The van der Waals surface area contributed by atoms with E-state index in [2.05, 4.69) is 27.7 Å². The summed E-state index contributed by atoms with van der Waals surface area (Å²) in [6, 6.07) is 7.01. The first-order valence-corrected chi connectivity index (χ1v) is 17.1. The second kappa shape index (κ2) is 9.87. The van der Waals surface area contributed by atoms with Crippen LogP contribution in [0.5, 0.6) is 5.75 Å². The third-order valence-electron chi connectivity index (χ3n) is 14.5. The quantitative estimate of drug-likeness (QED) is 0.296. The number of hydrogen-bond acceptors (Lipinski definition) is 7. The largest absolute Gasteiger partial charge is 0.508 e. The Morgan fingerprint density at radius 3 is 2.43 bits per heavy atom. The molecule has 44 heavy (non-hydrogen) atoms. The Kier molecular flexibility index (Phi) is 6.92. The van der Waals surface area contributed by atoms with Gasteiger partial charge in [-0.1, -0.05) is 46.2 Å². The summed E-state index contributed by atoms with van der Waals surface area (Å²) in [5.41, 5.74) is -2.76. The van der Waals surface area contributed by atoms with E-state index in [1.165, 1.54) is 0 Å². The van der Waals surface area contributed by atoms with Crippen molar-refractivity contribution in [1.29, 1.82) is 0 Å². The zero-order valence-corrected chi connectivity index (χ0v) is 27.0. The molecule has 242 valence electrons. The fraction of sp³-hybridized carbons (Fsp3) is 0.757. The molecule has 0 amide bonds. The van der Waals surface area contributed by atoms with E-state index < -0.39 is 39.7 Å². The Balaban J connectivity index is 1.30. The molecule has 6 aliphatic rings. The van der Waals surface area contributed by atoms with Gasteiger partial charge in [0.25, 0.3) is 0 Å². The van der Waals surface area contributed by atoms with Crippen molar-refractivity contribution in [2.75, 3.05) is 0 Å². The van der Waals surface area contributed by atoms with E-state index in [0.717, 1.165) is 30.4 Å². The Morgan fingerprint density at radius 2 is 1.75 bits per heavy atom. The molecule has 13 atom stereocenters. The SMILES string of the molecule is CC(C)[C@@H](C)[C@@H]1O[C@H]1[C@](C)(O)[C@H]1CC[C@@]2(O)C3=CC(=O)[C@]4(Cc5ccc(O)cc5)[C@H]5CCC[C@@]4(C[C@H](O)[C@@H]5O)[C@H]3CC[C@]12C. The minimum atomic E-state index is -1.25. The second-order valence-electron chi connectivity index (χ2n) is 16.5. The first kappa shape index (κ1) is 30.9. The van der Waals surface area contributed by atoms with Gasteiger partial charge in [-0.05, 0) is 117 Å². The van der Waals surface area contributed by atoms with E-state index in [1.54, 1.807) is 18.2 Å². The van der Waals surface area contributed by atoms with E-state index in [0.29, 0.717) is 50.4 Å². The Morgan fingerprint density at radius 1 is 1.05 bits per heavy atom. The fourth-order valence-electron chi connectivity index (χ4n) is 11.9. The van der Waals surface area contributed by atoms with Crippen molar-refractivity contribution in [1.82, 2.24) is 0 Å². The summed E-state index contributed by atoms with van der Waals surface area (Å²) < 4.78 is 6.15. The summed E-state index contributed by atoms with van der Waals surface area (Å²) >= 11 is 0. The number of benzene rings is 1. The third kappa shape index (κ3) is 3.82. The number of aliphatic hydroxyl groups is 4. The van der Waals surface area contributed by atoms with Crippen LogP contribution >= 0.6 is 0 Å². The standard InChI is InChI=1S/C37H52O7/c1-20(2)21(3)31-32(44-31)34(5,42)28-13-16-37(43)26-17-29(40)36(18-22-8-10-23(38)11-9-22)25-7-6-14-35(36,19-27(39)30(25)41)24(26)12-15-33(28,37)4/h8-11,17,20-21,24-25,27-28,30-32,38-39,41-43H,6-7,12-16,18-19H2,1-5H3/t21-,24+,25+,27+,28+,30-,31+,32-,33-,34-,35-,36+,37-/m1/s1. The van der Waals surface area contributed by atoms with Gasteiger partial charge in [0.2, 0.25) is 0 Å². The van der Waals surface area contributed by atoms with Gasteiger partial charge in [-0.2, -0.15) is 0 Å². The van der Waals surface area contributed by atoms with Crippen molar-refractivity contribution >= 4 is 5.78 Å². The smallest absolute Gasteiger partial charge is 0.163 e. The molecular formula is C37H52O7. The molecule has 1 aliphatic heterocycles. The number of ketones is 1. The molecule has 0 aromatic heterocycles.